The van der Waals surface area contributed by atoms with Gasteiger partial charge in [0, 0.05) is 23.9 Å². The first-order chi connectivity index (χ1) is 21.3. The van der Waals surface area contributed by atoms with Gasteiger partial charge in [0.1, 0.15) is 12.6 Å². The van der Waals surface area contributed by atoms with E-state index >= 15 is 0 Å². The zero-order valence-electron chi connectivity index (χ0n) is 27.2. The molecule has 0 radical (unpaired) electrons. The highest BCUT2D eigenvalue weighted by atomic mass is 16.5. The molecule has 1 aliphatic rings. The Bertz CT molecular complexity index is 1250. The molecule has 4 amide bonds. The summed E-state index contributed by atoms with van der Waals surface area (Å²) in [5, 5.41) is 22.7. The molecule has 2 aromatic carbocycles. The number of rotatable bonds is 13. The van der Waals surface area contributed by atoms with Crippen LogP contribution in [0.3, 0.4) is 0 Å². The lowest BCUT2D eigenvalue weighted by atomic mass is 9.77. The van der Waals surface area contributed by atoms with Gasteiger partial charge in [-0.2, -0.15) is 0 Å². The van der Waals surface area contributed by atoms with Gasteiger partial charge in [-0.05, 0) is 57.1 Å². The van der Waals surface area contributed by atoms with Gasteiger partial charge in [0.25, 0.3) is 0 Å². The molecule has 0 spiro atoms. The zero-order valence-corrected chi connectivity index (χ0v) is 27.2. The van der Waals surface area contributed by atoms with Gasteiger partial charge in [-0.3, -0.25) is 14.4 Å². The van der Waals surface area contributed by atoms with Crippen molar-refractivity contribution < 1.29 is 29.0 Å². The van der Waals surface area contributed by atoms with Crippen LogP contribution in [-0.2, 0) is 32.1 Å². The van der Waals surface area contributed by atoms with E-state index in [4.69, 9.17) is 4.74 Å². The van der Waals surface area contributed by atoms with Gasteiger partial charge in [-0.25, -0.2) is 4.79 Å². The second-order valence-electron chi connectivity index (χ2n) is 13.3. The maximum atomic E-state index is 13.5. The SMILES string of the molecule is CC(C)[C@H](NC(=O)OCc1ccccc1)C(=O)N[C@@H](Cc1ccccc1)[C@H](O)CNC(=O)[C@@H]1CCCC[C@@H]1C(=O)NC(C)(C)C. The molecular formula is C35H50N4O6. The molecule has 0 heterocycles. The lowest BCUT2D eigenvalue weighted by Crippen LogP contribution is -2.57. The quantitative estimate of drug-likeness (QED) is 0.229. The van der Waals surface area contributed by atoms with Crippen LogP contribution in [0.4, 0.5) is 4.79 Å². The van der Waals surface area contributed by atoms with Crippen molar-refractivity contribution in [2.45, 2.75) is 97.1 Å². The Balaban J connectivity index is 1.66. The van der Waals surface area contributed by atoms with Crippen LogP contribution in [0.1, 0.15) is 71.4 Å². The minimum Gasteiger partial charge on any atom is -0.445 e. The number of ether oxygens (including phenoxy) is 1. The number of carbonyl (C=O) groups is 4. The summed E-state index contributed by atoms with van der Waals surface area (Å²) >= 11 is 0. The van der Waals surface area contributed by atoms with E-state index in [1.807, 2.05) is 81.4 Å². The zero-order chi connectivity index (χ0) is 33.0. The van der Waals surface area contributed by atoms with Crippen LogP contribution in [0.25, 0.3) is 0 Å². The Hall–Kier alpha value is -3.92. The van der Waals surface area contributed by atoms with Gasteiger partial charge in [-0.1, -0.05) is 87.4 Å². The number of carbonyl (C=O) groups excluding carboxylic acids is 4. The molecular weight excluding hydrogens is 572 g/mol. The van der Waals surface area contributed by atoms with Crippen molar-refractivity contribution in [3.63, 3.8) is 0 Å². The highest BCUT2D eigenvalue weighted by Gasteiger charge is 2.37. The maximum absolute atomic E-state index is 13.5. The second-order valence-corrected chi connectivity index (χ2v) is 13.3. The van der Waals surface area contributed by atoms with Crippen molar-refractivity contribution in [1.82, 2.24) is 21.3 Å². The van der Waals surface area contributed by atoms with E-state index in [2.05, 4.69) is 21.3 Å². The average Bonchev–Trinajstić information content (AvgIpc) is 3.01. The van der Waals surface area contributed by atoms with Gasteiger partial charge in [0.15, 0.2) is 0 Å². The Kier molecular flexibility index (Phi) is 13.4. The molecule has 10 nitrogen and oxygen atoms in total. The number of amides is 4. The molecule has 3 rings (SSSR count). The predicted octanol–water partition coefficient (Wildman–Crippen LogP) is 3.86. The van der Waals surface area contributed by atoms with E-state index in [0.717, 1.165) is 24.0 Å². The maximum Gasteiger partial charge on any atom is 0.408 e. The second kappa shape index (κ2) is 17.0. The van der Waals surface area contributed by atoms with Crippen LogP contribution in [0.5, 0.6) is 0 Å². The molecule has 246 valence electrons. The molecule has 1 aliphatic carbocycles. The summed E-state index contributed by atoms with van der Waals surface area (Å²) in [6, 6.07) is 17.0. The summed E-state index contributed by atoms with van der Waals surface area (Å²) in [7, 11) is 0. The average molecular weight is 623 g/mol. The Labute approximate surface area is 267 Å². The number of aliphatic hydroxyl groups is 1. The molecule has 0 unspecified atom stereocenters. The first-order valence-electron chi connectivity index (χ1n) is 15.9. The van der Waals surface area contributed by atoms with Crippen molar-refractivity contribution in [2.75, 3.05) is 6.54 Å². The van der Waals surface area contributed by atoms with Gasteiger partial charge in [-0.15, -0.1) is 0 Å². The van der Waals surface area contributed by atoms with Crippen LogP contribution >= 0.6 is 0 Å². The fourth-order valence-electron chi connectivity index (χ4n) is 5.55. The molecule has 5 atom stereocenters. The number of aliphatic hydroxyl groups excluding tert-OH is 1. The molecule has 2 aromatic rings. The van der Waals surface area contributed by atoms with Gasteiger partial charge < -0.3 is 31.1 Å². The largest absolute Gasteiger partial charge is 0.445 e. The molecule has 10 heteroatoms. The number of alkyl carbamates (subject to hydrolysis) is 1. The van der Waals surface area contributed by atoms with Crippen LogP contribution in [0, 0.1) is 17.8 Å². The Morgan fingerprint density at radius 2 is 1.40 bits per heavy atom. The lowest BCUT2D eigenvalue weighted by Gasteiger charge is -2.33. The van der Waals surface area contributed by atoms with E-state index in [0.29, 0.717) is 19.3 Å². The van der Waals surface area contributed by atoms with Crippen molar-refractivity contribution in [3.8, 4) is 0 Å². The normalized spacial score (nSPS) is 18.6. The van der Waals surface area contributed by atoms with Gasteiger partial charge in [0.2, 0.25) is 17.7 Å². The third-order valence-electron chi connectivity index (χ3n) is 7.95. The van der Waals surface area contributed by atoms with E-state index in [1.54, 1.807) is 13.8 Å². The van der Waals surface area contributed by atoms with Crippen molar-refractivity contribution >= 4 is 23.8 Å². The van der Waals surface area contributed by atoms with Crippen LogP contribution in [-0.4, -0.2) is 59.2 Å². The lowest BCUT2D eigenvalue weighted by molar-refractivity contribution is -0.137. The van der Waals surface area contributed by atoms with Gasteiger partial charge in [0.05, 0.1) is 12.1 Å². The summed E-state index contributed by atoms with van der Waals surface area (Å²) in [5.74, 6) is -2.09. The van der Waals surface area contributed by atoms with Crippen LogP contribution in [0.2, 0.25) is 0 Å². The summed E-state index contributed by atoms with van der Waals surface area (Å²) in [6.45, 7) is 9.30. The minimum atomic E-state index is -1.14. The van der Waals surface area contributed by atoms with E-state index in [-0.39, 0.29) is 30.9 Å². The molecule has 0 aromatic heterocycles. The molecule has 45 heavy (non-hydrogen) atoms. The summed E-state index contributed by atoms with van der Waals surface area (Å²) < 4.78 is 5.33. The molecule has 1 saturated carbocycles. The van der Waals surface area contributed by atoms with Crippen molar-refractivity contribution in [2.24, 2.45) is 17.8 Å². The fourth-order valence-corrected chi connectivity index (χ4v) is 5.55. The van der Waals surface area contributed by atoms with Crippen LogP contribution in [0.15, 0.2) is 60.7 Å². The number of benzene rings is 2. The van der Waals surface area contributed by atoms with Gasteiger partial charge >= 0.3 is 6.09 Å². The Morgan fingerprint density at radius 3 is 1.96 bits per heavy atom. The minimum absolute atomic E-state index is 0.0634. The predicted molar refractivity (Wildman–Crippen MR) is 173 cm³/mol. The van der Waals surface area contributed by atoms with E-state index in [9.17, 15) is 24.3 Å². The van der Waals surface area contributed by atoms with Crippen molar-refractivity contribution in [1.29, 1.82) is 0 Å². The molecule has 5 N–H and O–H groups in total. The fraction of sp³-hybridized carbons (Fsp3) is 0.543. The first kappa shape index (κ1) is 35.6. The third kappa shape index (κ3) is 11.8. The monoisotopic (exact) mass is 622 g/mol. The molecule has 1 fully saturated rings. The standard InChI is InChI=1S/C35H50N4O6/c1-23(2)30(38-34(44)45-22-25-16-10-7-11-17-25)33(43)37-28(20-24-14-8-6-9-15-24)29(40)21-36-31(41)26-18-12-13-19-27(26)32(42)39-35(3,4)5/h6-11,14-17,23,26-30,40H,12-13,18-22H2,1-5H3,(H,36,41)(H,37,43)(H,38,44)(H,39,42)/t26-,27+,28+,29-,30+/m1/s1. The number of nitrogens with one attached hydrogen (secondary N) is 4. The van der Waals surface area contributed by atoms with E-state index < -0.39 is 47.6 Å². The van der Waals surface area contributed by atoms with E-state index in [1.165, 1.54) is 0 Å². The third-order valence-corrected chi connectivity index (χ3v) is 7.95. The molecule has 0 saturated heterocycles. The highest BCUT2D eigenvalue weighted by molar-refractivity contribution is 5.88. The van der Waals surface area contributed by atoms with Crippen molar-refractivity contribution in [3.05, 3.63) is 71.8 Å². The summed E-state index contributed by atoms with van der Waals surface area (Å²) in [6.07, 6.45) is 1.39. The number of hydrogen-bond acceptors (Lipinski definition) is 6. The topological polar surface area (TPSA) is 146 Å². The molecule has 0 bridgehead atoms. The molecule has 0 aliphatic heterocycles. The summed E-state index contributed by atoms with van der Waals surface area (Å²) in [4.78, 5) is 52.4. The highest BCUT2D eigenvalue weighted by Crippen LogP contribution is 2.31. The smallest absolute Gasteiger partial charge is 0.408 e. The Morgan fingerprint density at radius 1 is 0.844 bits per heavy atom. The summed E-state index contributed by atoms with van der Waals surface area (Å²) in [5.41, 5.74) is 1.30. The van der Waals surface area contributed by atoms with Crippen LogP contribution < -0.4 is 21.3 Å². The number of hydrogen-bond donors (Lipinski definition) is 5. The first-order valence-corrected chi connectivity index (χ1v) is 15.9.